The number of carbonyl (C=O) groups excluding carboxylic acids is 1. The van der Waals surface area contributed by atoms with E-state index in [-0.39, 0.29) is 17.6 Å². The zero-order chi connectivity index (χ0) is 20.4. The summed E-state index contributed by atoms with van der Waals surface area (Å²) in [6, 6.07) is 12.3. The molecule has 0 atom stereocenters. The second-order valence-corrected chi connectivity index (χ2v) is 5.85. The summed E-state index contributed by atoms with van der Waals surface area (Å²) in [7, 11) is 1.54. The van der Waals surface area contributed by atoms with Crippen molar-refractivity contribution >= 4 is 35.1 Å². The van der Waals surface area contributed by atoms with Gasteiger partial charge >= 0.3 is 0 Å². The highest BCUT2D eigenvalue weighted by molar-refractivity contribution is 7.80. The Labute approximate surface area is 168 Å². The summed E-state index contributed by atoms with van der Waals surface area (Å²) in [4.78, 5) is 12.2. The molecule has 28 heavy (non-hydrogen) atoms. The van der Waals surface area contributed by atoms with Crippen LogP contribution in [0.1, 0.15) is 12.5 Å². The standard InChI is InChI=1S/C19H22N4O4S/c1-3-26-17-10-13(11-21-23-19(20)28)8-9-16(17)27-12-18(24)22-14-6-4-5-7-15(14)25-2/h4-11H,3,12H2,1-2H3,(H,22,24)(H3,20,23,28). The number of nitrogens with one attached hydrogen (secondary N) is 2. The van der Waals surface area contributed by atoms with Crippen LogP contribution in [0.5, 0.6) is 17.2 Å². The van der Waals surface area contributed by atoms with Crippen molar-refractivity contribution in [2.45, 2.75) is 6.92 Å². The average molecular weight is 402 g/mol. The molecular weight excluding hydrogens is 380 g/mol. The second-order valence-electron chi connectivity index (χ2n) is 5.41. The van der Waals surface area contributed by atoms with Crippen LogP contribution in [0.2, 0.25) is 0 Å². The van der Waals surface area contributed by atoms with E-state index in [9.17, 15) is 4.79 Å². The number of para-hydroxylation sites is 2. The summed E-state index contributed by atoms with van der Waals surface area (Å²) < 4.78 is 16.4. The Morgan fingerprint density at radius 3 is 2.68 bits per heavy atom. The van der Waals surface area contributed by atoms with Gasteiger partial charge in [0.25, 0.3) is 5.91 Å². The number of hydrogen-bond donors (Lipinski definition) is 3. The molecule has 0 aromatic heterocycles. The number of thiocarbonyl (C=S) groups is 1. The first-order valence-electron chi connectivity index (χ1n) is 8.44. The van der Waals surface area contributed by atoms with Gasteiger partial charge in [0.05, 0.1) is 25.6 Å². The molecule has 8 nitrogen and oxygen atoms in total. The van der Waals surface area contributed by atoms with Gasteiger partial charge in [-0.1, -0.05) is 12.1 Å². The topological polar surface area (TPSA) is 107 Å². The van der Waals surface area contributed by atoms with Crippen LogP contribution in [-0.2, 0) is 4.79 Å². The molecule has 0 heterocycles. The van der Waals surface area contributed by atoms with Gasteiger partial charge in [0.15, 0.2) is 23.2 Å². The number of amides is 1. The number of benzene rings is 2. The van der Waals surface area contributed by atoms with E-state index in [0.29, 0.717) is 29.5 Å². The first-order valence-corrected chi connectivity index (χ1v) is 8.85. The normalized spacial score (nSPS) is 10.4. The van der Waals surface area contributed by atoms with Crippen LogP contribution in [-0.4, -0.2) is 37.6 Å². The molecule has 4 N–H and O–H groups in total. The highest BCUT2D eigenvalue weighted by atomic mass is 32.1. The van der Waals surface area contributed by atoms with Crippen LogP contribution in [0.4, 0.5) is 5.69 Å². The van der Waals surface area contributed by atoms with Crippen molar-refractivity contribution in [1.29, 1.82) is 0 Å². The zero-order valence-electron chi connectivity index (χ0n) is 15.6. The Balaban J connectivity index is 2.02. The lowest BCUT2D eigenvalue weighted by molar-refractivity contribution is -0.118. The smallest absolute Gasteiger partial charge is 0.262 e. The van der Waals surface area contributed by atoms with Crippen molar-refractivity contribution in [1.82, 2.24) is 5.43 Å². The van der Waals surface area contributed by atoms with E-state index in [1.807, 2.05) is 13.0 Å². The molecule has 0 aliphatic heterocycles. The van der Waals surface area contributed by atoms with Crippen molar-refractivity contribution in [3.63, 3.8) is 0 Å². The molecule has 0 bridgehead atoms. The molecule has 2 aromatic carbocycles. The predicted molar refractivity (Wildman–Crippen MR) is 112 cm³/mol. The predicted octanol–water partition coefficient (Wildman–Crippen LogP) is 2.28. The molecule has 1 amide bonds. The number of nitrogens with two attached hydrogens (primary N) is 1. The monoisotopic (exact) mass is 402 g/mol. The lowest BCUT2D eigenvalue weighted by atomic mass is 10.2. The fourth-order valence-corrected chi connectivity index (χ4v) is 2.29. The van der Waals surface area contributed by atoms with Gasteiger partial charge in [-0.05, 0) is 55.0 Å². The van der Waals surface area contributed by atoms with Crippen LogP contribution in [0.25, 0.3) is 0 Å². The molecule has 2 aromatic rings. The SMILES string of the molecule is CCOc1cc(C=NNC(N)=S)ccc1OCC(=O)Nc1ccccc1OC. The number of anilines is 1. The van der Waals surface area contributed by atoms with Crippen molar-refractivity contribution < 1.29 is 19.0 Å². The lowest BCUT2D eigenvalue weighted by Crippen LogP contribution is -2.24. The third-order valence-corrected chi connectivity index (χ3v) is 3.49. The van der Waals surface area contributed by atoms with Crippen molar-refractivity contribution in [2.75, 3.05) is 25.6 Å². The molecule has 0 spiro atoms. The number of methoxy groups -OCH3 is 1. The van der Waals surface area contributed by atoms with Crippen LogP contribution in [0.15, 0.2) is 47.6 Å². The summed E-state index contributed by atoms with van der Waals surface area (Å²) in [5.41, 5.74) is 9.11. The molecule has 9 heteroatoms. The number of hydrazone groups is 1. The number of rotatable bonds is 9. The van der Waals surface area contributed by atoms with E-state index in [4.69, 9.17) is 19.9 Å². The Bertz CT molecular complexity index is 858. The van der Waals surface area contributed by atoms with E-state index in [1.165, 1.54) is 7.11 Å². The highest BCUT2D eigenvalue weighted by Gasteiger charge is 2.11. The number of nitrogens with zero attached hydrogens (tertiary/aromatic N) is 1. The maximum absolute atomic E-state index is 12.2. The van der Waals surface area contributed by atoms with E-state index in [2.05, 4.69) is 28.1 Å². The van der Waals surface area contributed by atoms with Crippen molar-refractivity contribution in [3.05, 3.63) is 48.0 Å². The summed E-state index contributed by atoms with van der Waals surface area (Å²) in [5, 5.41) is 6.72. The minimum Gasteiger partial charge on any atom is -0.495 e. The molecule has 0 saturated heterocycles. The number of ether oxygens (including phenoxy) is 3. The van der Waals surface area contributed by atoms with Crippen molar-refractivity contribution in [2.24, 2.45) is 10.8 Å². The molecule has 0 aliphatic carbocycles. The van der Waals surface area contributed by atoms with Gasteiger partial charge in [-0.2, -0.15) is 5.10 Å². The average Bonchev–Trinajstić information content (AvgIpc) is 2.68. The Morgan fingerprint density at radius 2 is 1.96 bits per heavy atom. The van der Waals surface area contributed by atoms with Gasteiger partial charge in [0.1, 0.15) is 5.75 Å². The summed E-state index contributed by atoms with van der Waals surface area (Å²) >= 11 is 4.68. The summed E-state index contributed by atoms with van der Waals surface area (Å²) in [6.45, 7) is 2.11. The quantitative estimate of drug-likeness (QED) is 0.335. The summed E-state index contributed by atoms with van der Waals surface area (Å²) in [6.07, 6.45) is 1.54. The van der Waals surface area contributed by atoms with Gasteiger partial charge in [-0.25, -0.2) is 0 Å². The third-order valence-electron chi connectivity index (χ3n) is 3.40. The minimum absolute atomic E-state index is 0.0716. The molecule has 148 valence electrons. The lowest BCUT2D eigenvalue weighted by Gasteiger charge is -2.13. The van der Waals surface area contributed by atoms with Gasteiger partial charge in [0, 0.05) is 0 Å². The highest BCUT2D eigenvalue weighted by Crippen LogP contribution is 2.28. The second kappa shape index (κ2) is 10.7. The maximum atomic E-state index is 12.2. The van der Waals surface area contributed by atoms with E-state index in [1.54, 1.807) is 42.6 Å². The van der Waals surface area contributed by atoms with Crippen LogP contribution in [0, 0.1) is 0 Å². The molecule has 0 unspecified atom stereocenters. The molecule has 0 aliphatic rings. The van der Waals surface area contributed by atoms with Crippen molar-refractivity contribution in [3.8, 4) is 17.2 Å². The van der Waals surface area contributed by atoms with Crippen LogP contribution < -0.4 is 30.7 Å². The molecular formula is C19H22N4O4S. The Kier molecular flexibility index (Phi) is 8.04. The van der Waals surface area contributed by atoms with Crippen LogP contribution in [0.3, 0.4) is 0 Å². The maximum Gasteiger partial charge on any atom is 0.262 e. The van der Waals surface area contributed by atoms with Gasteiger partial charge in [-0.15, -0.1) is 0 Å². The molecule has 2 rings (SSSR count). The van der Waals surface area contributed by atoms with E-state index >= 15 is 0 Å². The third kappa shape index (κ3) is 6.44. The molecule has 0 fully saturated rings. The fourth-order valence-electron chi connectivity index (χ4n) is 2.24. The first-order chi connectivity index (χ1) is 13.5. The Hall–Kier alpha value is -3.33. The largest absolute Gasteiger partial charge is 0.495 e. The number of carbonyl (C=O) groups is 1. The van der Waals surface area contributed by atoms with E-state index < -0.39 is 0 Å². The zero-order valence-corrected chi connectivity index (χ0v) is 16.4. The number of hydrogen-bond acceptors (Lipinski definition) is 6. The van der Waals surface area contributed by atoms with E-state index in [0.717, 1.165) is 5.56 Å². The van der Waals surface area contributed by atoms with Gasteiger partial charge in [-0.3, -0.25) is 10.2 Å². The van der Waals surface area contributed by atoms with Crippen LogP contribution >= 0.6 is 12.2 Å². The molecule has 0 radical (unpaired) electrons. The minimum atomic E-state index is -0.321. The first kappa shape index (κ1) is 21.0. The van der Waals surface area contributed by atoms with Gasteiger partial charge < -0.3 is 25.3 Å². The Morgan fingerprint density at radius 1 is 1.18 bits per heavy atom. The fraction of sp³-hybridized carbons (Fsp3) is 0.211. The summed E-state index contributed by atoms with van der Waals surface area (Å²) in [5.74, 6) is 1.18. The van der Waals surface area contributed by atoms with Gasteiger partial charge in [0.2, 0.25) is 0 Å². The molecule has 0 saturated carbocycles.